The molecule has 0 radical (unpaired) electrons. The van der Waals surface area contributed by atoms with Crippen LogP contribution in [0.15, 0.2) is 0 Å². The maximum absolute atomic E-state index is 11.4. The minimum atomic E-state index is -0.916. The molecular formula is C9H16N2O4S. The van der Waals surface area contributed by atoms with Gasteiger partial charge in [-0.2, -0.15) is 0 Å². The molecule has 1 aliphatic rings. The number of amides is 1. The van der Waals surface area contributed by atoms with Crippen LogP contribution in [-0.4, -0.2) is 40.1 Å². The second-order valence-electron chi connectivity index (χ2n) is 4.42. The lowest BCUT2D eigenvalue weighted by Gasteiger charge is -2.21. The minimum Gasteiger partial charge on any atom is -0.480 e. The minimum absolute atomic E-state index is 0.407. The number of nitrogens with one attached hydrogen (secondary N) is 2. The number of carbonyl (C=O) groups excluding carboxylic acids is 1. The molecule has 1 amide bonds. The molecule has 92 valence electrons. The van der Waals surface area contributed by atoms with Gasteiger partial charge in [0.25, 0.3) is 0 Å². The Labute approximate surface area is 98.1 Å². The fourth-order valence-corrected chi connectivity index (χ4v) is 2.18. The van der Waals surface area contributed by atoms with Crippen molar-refractivity contribution in [1.82, 2.24) is 10.6 Å². The molecule has 0 aromatic heterocycles. The summed E-state index contributed by atoms with van der Waals surface area (Å²) in [6.45, 7) is 5.30. The highest BCUT2D eigenvalue weighted by atomic mass is 32.2. The number of carbonyl (C=O) groups is 2. The maximum atomic E-state index is 11.4. The zero-order chi connectivity index (χ0) is 12.3. The van der Waals surface area contributed by atoms with E-state index in [4.69, 9.17) is 9.84 Å². The average Bonchev–Trinajstić information content (AvgIpc) is 2.48. The van der Waals surface area contributed by atoms with Gasteiger partial charge in [-0.05, 0) is 20.8 Å². The molecule has 7 heteroatoms. The highest BCUT2D eigenvalue weighted by Crippen LogP contribution is 2.17. The molecule has 16 heavy (non-hydrogen) atoms. The largest absolute Gasteiger partial charge is 0.480 e. The number of thioether (sulfide) groups is 1. The van der Waals surface area contributed by atoms with Crippen LogP contribution in [0.2, 0.25) is 0 Å². The van der Waals surface area contributed by atoms with Crippen LogP contribution in [0.4, 0.5) is 4.79 Å². The Kier molecular flexibility index (Phi) is 4.03. The van der Waals surface area contributed by atoms with Gasteiger partial charge < -0.3 is 9.84 Å². The lowest BCUT2D eigenvalue weighted by atomic mass is 10.2. The van der Waals surface area contributed by atoms with E-state index in [2.05, 4.69) is 10.6 Å². The van der Waals surface area contributed by atoms with Gasteiger partial charge in [-0.1, -0.05) is 0 Å². The highest BCUT2D eigenvalue weighted by Gasteiger charge is 2.31. The Hall–Kier alpha value is -0.950. The summed E-state index contributed by atoms with van der Waals surface area (Å²) in [7, 11) is 0. The highest BCUT2D eigenvalue weighted by molar-refractivity contribution is 8.00. The van der Waals surface area contributed by atoms with Crippen LogP contribution in [0.5, 0.6) is 0 Å². The Bertz CT molecular complexity index is 290. The third-order valence-corrected chi connectivity index (χ3v) is 2.84. The number of aliphatic carboxylic acids is 1. The fourth-order valence-electron chi connectivity index (χ4n) is 1.11. The Balaban J connectivity index is 2.34. The molecular weight excluding hydrogens is 232 g/mol. The van der Waals surface area contributed by atoms with E-state index < -0.39 is 29.2 Å². The van der Waals surface area contributed by atoms with Gasteiger partial charge in [0.15, 0.2) is 0 Å². The van der Waals surface area contributed by atoms with E-state index in [1.807, 2.05) is 0 Å². The van der Waals surface area contributed by atoms with Crippen LogP contribution in [0, 0.1) is 0 Å². The van der Waals surface area contributed by atoms with Gasteiger partial charge in [0.1, 0.15) is 17.1 Å². The van der Waals surface area contributed by atoms with Crippen LogP contribution in [0.25, 0.3) is 0 Å². The van der Waals surface area contributed by atoms with Gasteiger partial charge >= 0.3 is 12.1 Å². The van der Waals surface area contributed by atoms with Crippen molar-refractivity contribution in [1.29, 1.82) is 0 Å². The molecule has 1 fully saturated rings. The summed E-state index contributed by atoms with van der Waals surface area (Å²) in [5.41, 5.74) is -0.963. The van der Waals surface area contributed by atoms with Crippen LogP contribution in [0.1, 0.15) is 20.8 Å². The summed E-state index contributed by atoms with van der Waals surface area (Å²) < 4.78 is 5.04. The monoisotopic (exact) mass is 248 g/mol. The van der Waals surface area contributed by atoms with Crippen molar-refractivity contribution >= 4 is 23.8 Å². The molecule has 1 saturated heterocycles. The summed E-state index contributed by atoms with van der Waals surface area (Å²) in [4.78, 5) is 22.0. The average molecular weight is 248 g/mol. The fraction of sp³-hybridized carbons (Fsp3) is 0.778. The maximum Gasteiger partial charge on any atom is 0.409 e. The van der Waals surface area contributed by atoms with E-state index in [1.165, 1.54) is 11.8 Å². The number of alkyl carbamates (subject to hydrolysis) is 1. The summed E-state index contributed by atoms with van der Waals surface area (Å²) >= 11 is 1.33. The second-order valence-corrected chi connectivity index (χ2v) is 5.56. The third-order valence-electron chi connectivity index (χ3n) is 1.73. The molecule has 6 nitrogen and oxygen atoms in total. The molecule has 3 N–H and O–H groups in total. The van der Waals surface area contributed by atoms with E-state index in [-0.39, 0.29) is 0 Å². The lowest BCUT2D eigenvalue weighted by Crippen LogP contribution is -2.46. The predicted molar refractivity (Wildman–Crippen MR) is 60.2 cm³/mol. The first-order valence-electron chi connectivity index (χ1n) is 4.88. The van der Waals surface area contributed by atoms with Crippen LogP contribution in [-0.2, 0) is 9.53 Å². The van der Waals surface area contributed by atoms with Crippen LogP contribution in [0.3, 0.4) is 0 Å². The molecule has 0 spiro atoms. The van der Waals surface area contributed by atoms with Gasteiger partial charge in [-0.3, -0.25) is 15.4 Å². The third kappa shape index (κ3) is 4.28. The number of rotatable bonds is 2. The summed E-state index contributed by atoms with van der Waals surface area (Å²) in [6.07, 6.45) is -0.552. The van der Waals surface area contributed by atoms with E-state index in [0.717, 1.165) is 0 Å². The second kappa shape index (κ2) is 4.92. The first kappa shape index (κ1) is 13.1. The molecule has 1 rings (SSSR count). The van der Waals surface area contributed by atoms with E-state index in [0.29, 0.717) is 5.75 Å². The number of carboxylic acid groups (broad SMARTS) is 1. The zero-order valence-electron chi connectivity index (χ0n) is 9.44. The summed E-state index contributed by atoms with van der Waals surface area (Å²) in [5.74, 6) is -0.489. The standard InChI is InChI=1S/C9H16N2O4S/c1-9(2,3)15-8(14)11-7-10-5(4-16-7)6(12)13/h5,7,10H,4H2,1-3H3,(H,11,14)(H,12,13). The molecule has 2 unspecified atom stereocenters. The lowest BCUT2D eigenvalue weighted by molar-refractivity contribution is -0.138. The molecule has 0 aromatic carbocycles. The van der Waals surface area contributed by atoms with Crippen LogP contribution >= 0.6 is 11.8 Å². The van der Waals surface area contributed by atoms with E-state index >= 15 is 0 Å². The number of carboxylic acids is 1. The molecule has 1 heterocycles. The van der Waals surface area contributed by atoms with Gasteiger partial charge in [0.2, 0.25) is 0 Å². The van der Waals surface area contributed by atoms with Crippen molar-refractivity contribution < 1.29 is 19.4 Å². The van der Waals surface area contributed by atoms with Crippen molar-refractivity contribution in [2.24, 2.45) is 0 Å². The quantitative estimate of drug-likeness (QED) is 0.662. The smallest absolute Gasteiger partial charge is 0.409 e. The zero-order valence-corrected chi connectivity index (χ0v) is 10.3. The van der Waals surface area contributed by atoms with Gasteiger partial charge in [0, 0.05) is 5.75 Å². The van der Waals surface area contributed by atoms with E-state index in [1.54, 1.807) is 20.8 Å². The van der Waals surface area contributed by atoms with Gasteiger partial charge in [0.05, 0.1) is 0 Å². The number of ether oxygens (including phenoxy) is 1. The van der Waals surface area contributed by atoms with Gasteiger partial charge in [-0.15, -0.1) is 11.8 Å². The topological polar surface area (TPSA) is 87.7 Å². The van der Waals surface area contributed by atoms with Crippen molar-refractivity contribution in [3.8, 4) is 0 Å². The van der Waals surface area contributed by atoms with Crippen LogP contribution < -0.4 is 10.6 Å². The molecule has 0 aromatic rings. The first-order chi connectivity index (χ1) is 7.28. The van der Waals surface area contributed by atoms with Crippen molar-refractivity contribution in [2.75, 3.05) is 5.75 Å². The Morgan fingerprint density at radius 2 is 2.12 bits per heavy atom. The molecule has 0 aliphatic carbocycles. The first-order valence-corrected chi connectivity index (χ1v) is 5.93. The Morgan fingerprint density at radius 3 is 2.56 bits per heavy atom. The SMILES string of the molecule is CC(C)(C)OC(=O)NC1NC(C(=O)O)CS1. The molecule has 1 aliphatic heterocycles. The van der Waals surface area contributed by atoms with Crippen molar-refractivity contribution in [3.63, 3.8) is 0 Å². The van der Waals surface area contributed by atoms with E-state index in [9.17, 15) is 9.59 Å². The normalized spacial score (nSPS) is 25.2. The van der Waals surface area contributed by atoms with Crippen molar-refractivity contribution in [3.05, 3.63) is 0 Å². The number of hydrogen-bond donors (Lipinski definition) is 3. The molecule has 2 atom stereocenters. The summed E-state index contributed by atoms with van der Waals surface area (Å²) in [6, 6.07) is -0.620. The predicted octanol–water partition coefficient (Wildman–Crippen LogP) is 0.584. The Morgan fingerprint density at radius 1 is 1.50 bits per heavy atom. The number of hydrogen-bond acceptors (Lipinski definition) is 5. The molecule has 0 bridgehead atoms. The van der Waals surface area contributed by atoms with Crippen molar-refractivity contribution in [2.45, 2.75) is 37.9 Å². The summed E-state index contributed by atoms with van der Waals surface area (Å²) in [5, 5.41) is 14.0. The molecule has 0 saturated carbocycles. The van der Waals surface area contributed by atoms with Gasteiger partial charge in [-0.25, -0.2) is 4.79 Å².